The topological polar surface area (TPSA) is 101 Å². The second-order valence-electron chi connectivity index (χ2n) is 6.59. The molecule has 3 N–H and O–H groups in total. The lowest BCUT2D eigenvalue weighted by atomic mass is 10.0. The van der Waals surface area contributed by atoms with Crippen LogP contribution in [0.15, 0.2) is 22.5 Å². The lowest BCUT2D eigenvalue weighted by Crippen LogP contribution is -2.51. The van der Waals surface area contributed by atoms with Gasteiger partial charge in [-0.05, 0) is 56.4 Å². The highest BCUT2D eigenvalue weighted by Crippen LogP contribution is 2.29. The summed E-state index contributed by atoms with van der Waals surface area (Å²) in [5, 5.41) is 12.2. The number of nitrogens with two attached hydrogens (primary N) is 1. The third-order valence-corrected chi connectivity index (χ3v) is 6.59. The molecule has 9 heteroatoms. The lowest BCUT2D eigenvalue weighted by molar-refractivity contribution is -0.138. The van der Waals surface area contributed by atoms with Crippen molar-refractivity contribution in [3.63, 3.8) is 0 Å². The number of carbonyl (C=O) groups is 2. The molecular formula is C18H23N5O2S2. The van der Waals surface area contributed by atoms with E-state index in [9.17, 15) is 9.59 Å². The number of likely N-dealkylation sites (tertiary alicyclic amines) is 1. The quantitative estimate of drug-likeness (QED) is 0.717. The van der Waals surface area contributed by atoms with E-state index in [0.717, 1.165) is 18.5 Å². The summed E-state index contributed by atoms with van der Waals surface area (Å²) in [6.07, 6.45) is 2.48. The number of nitrogens with one attached hydrogen (secondary N) is 1. The van der Waals surface area contributed by atoms with Gasteiger partial charge in [0.15, 0.2) is 4.34 Å². The normalized spacial score (nSPS) is 17.0. The van der Waals surface area contributed by atoms with Crippen LogP contribution in [0.5, 0.6) is 0 Å². The first-order valence-corrected chi connectivity index (χ1v) is 10.6. The van der Waals surface area contributed by atoms with Crippen molar-refractivity contribution in [1.82, 2.24) is 15.1 Å². The summed E-state index contributed by atoms with van der Waals surface area (Å²) in [6.45, 7) is 4.72. The highest BCUT2D eigenvalue weighted by Gasteiger charge is 2.30. The van der Waals surface area contributed by atoms with Crippen LogP contribution in [0.1, 0.15) is 30.4 Å². The van der Waals surface area contributed by atoms with E-state index in [1.54, 1.807) is 4.90 Å². The fourth-order valence-electron chi connectivity index (χ4n) is 2.99. The Hall–Kier alpha value is -2.13. The molecule has 1 fully saturated rings. The number of carbonyl (C=O) groups excluding carboxylic acids is 2. The fourth-order valence-corrected chi connectivity index (χ4v) is 4.65. The summed E-state index contributed by atoms with van der Waals surface area (Å²) in [5.41, 5.74) is 8.83. The smallest absolute Gasteiger partial charge is 0.240 e. The van der Waals surface area contributed by atoms with Gasteiger partial charge >= 0.3 is 0 Å². The van der Waals surface area contributed by atoms with Gasteiger partial charge in [-0.1, -0.05) is 29.2 Å². The van der Waals surface area contributed by atoms with Crippen LogP contribution in [-0.2, 0) is 9.59 Å². The van der Waals surface area contributed by atoms with Crippen LogP contribution in [0.25, 0.3) is 0 Å². The Balaban J connectivity index is 1.56. The molecule has 1 saturated heterocycles. The van der Waals surface area contributed by atoms with Gasteiger partial charge in [0, 0.05) is 12.2 Å². The third kappa shape index (κ3) is 4.98. The molecule has 2 amide bonds. The van der Waals surface area contributed by atoms with Gasteiger partial charge in [-0.3, -0.25) is 9.59 Å². The fraction of sp³-hybridized carbons (Fsp3) is 0.444. The van der Waals surface area contributed by atoms with Crippen LogP contribution in [0.3, 0.4) is 0 Å². The Morgan fingerprint density at radius 3 is 2.85 bits per heavy atom. The van der Waals surface area contributed by atoms with E-state index in [1.807, 2.05) is 6.07 Å². The molecule has 2 aromatic rings. The van der Waals surface area contributed by atoms with E-state index in [1.165, 1.54) is 34.2 Å². The maximum atomic E-state index is 12.5. The van der Waals surface area contributed by atoms with E-state index in [0.29, 0.717) is 22.4 Å². The lowest BCUT2D eigenvalue weighted by Gasteiger charge is -2.33. The van der Waals surface area contributed by atoms with Gasteiger partial charge in [0.1, 0.15) is 6.04 Å². The van der Waals surface area contributed by atoms with Crippen LogP contribution in [0, 0.1) is 13.8 Å². The predicted molar refractivity (Wildman–Crippen MR) is 108 cm³/mol. The zero-order valence-electron chi connectivity index (χ0n) is 15.4. The van der Waals surface area contributed by atoms with Crippen molar-refractivity contribution in [3.8, 4) is 0 Å². The second kappa shape index (κ2) is 8.71. The molecule has 0 saturated carbocycles. The number of hydrogen-bond donors (Lipinski definition) is 2. The average molecular weight is 406 g/mol. The molecule has 1 aliphatic heterocycles. The molecule has 144 valence electrons. The van der Waals surface area contributed by atoms with E-state index in [-0.39, 0.29) is 11.7 Å². The SMILES string of the molecule is Cc1ccc(Nc2nnc(SCC(=O)N3CCCC[C@@H]3C(N)=O)s2)cc1C. The number of hydrogen-bond acceptors (Lipinski definition) is 7. The molecule has 0 bridgehead atoms. The number of amides is 2. The minimum Gasteiger partial charge on any atom is -0.368 e. The molecule has 1 atom stereocenters. The highest BCUT2D eigenvalue weighted by atomic mass is 32.2. The standard InChI is InChI=1S/C18H23N5O2S2/c1-11-6-7-13(9-12(11)2)20-17-21-22-18(27-17)26-10-15(24)23-8-4-3-5-14(23)16(19)25/h6-7,9,14H,3-5,8,10H2,1-2H3,(H2,19,25)(H,20,21)/t14-/m1/s1. The predicted octanol–water partition coefficient (Wildman–Crippen LogP) is 2.86. The van der Waals surface area contributed by atoms with Gasteiger partial charge in [-0.2, -0.15) is 0 Å². The van der Waals surface area contributed by atoms with Crippen molar-refractivity contribution in [1.29, 1.82) is 0 Å². The van der Waals surface area contributed by atoms with Gasteiger partial charge in [-0.15, -0.1) is 10.2 Å². The molecule has 0 radical (unpaired) electrons. The molecule has 3 rings (SSSR count). The molecule has 1 aliphatic rings. The number of rotatable bonds is 6. The minimum absolute atomic E-state index is 0.0811. The summed E-state index contributed by atoms with van der Waals surface area (Å²) in [7, 11) is 0. The number of aryl methyl sites for hydroxylation is 2. The maximum Gasteiger partial charge on any atom is 0.240 e. The van der Waals surface area contributed by atoms with Crippen LogP contribution in [0.2, 0.25) is 0 Å². The number of benzene rings is 1. The Bertz CT molecular complexity index is 839. The Kier molecular flexibility index (Phi) is 6.33. The Morgan fingerprint density at radius 2 is 2.11 bits per heavy atom. The molecule has 7 nitrogen and oxygen atoms in total. The van der Waals surface area contributed by atoms with Gasteiger partial charge in [0.05, 0.1) is 5.75 Å². The average Bonchev–Trinajstić information content (AvgIpc) is 3.10. The van der Waals surface area contributed by atoms with Crippen LogP contribution in [-0.4, -0.2) is 45.3 Å². The van der Waals surface area contributed by atoms with Crippen molar-refractivity contribution in [2.75, 3.05) is 17.6 Å². The van der Waals surface area contributed by atoms with Gasteiger partial charge < -0.3 is 16.0 Å². The first-order chi connectivity index (χ1) is 12.9. The Morgan fingerprint density at radius 1 is 1.30 bits per heavy atom. The highest BCUT2D eigenvalue weighted by molar-refractivity contribution is 8.01. The van der Waals surface area contributed by atoms with Crippen molar-refractivity contribution < 1.29 is 9.59 Å². The zero-order valence-corrected chi connectivity index (χ0v) is 17.0. The van der Waals surface area contributed by atoms with Crippen LogP contribution >= 0.6 is 23.1 Å². The Labute approximate surface area is 166 Å². The first-order valence-electron chi connectivity index (χ1n) is 8.83. The van der Waals surface area contributed by atoms with E-state index >= 15 is 0 Å². The zero-order chi connectivity index (χ0) is 19.4. The molecule has 1 aromatic carbocycles. The number of nitrogens with zero attached hydrogens (tertiary/aromatic N) is 3. The summed E-state index contributed by atoms with van der Waals surface area (Å²) in [4.78, 5) is 25.7. The summed E-state index contributed by atoms with van der Waals surface area (Å²) < 4.78 is 0.710. The van der Waals surface area contributed by atoms with E-state index < -0.39 is 11.9 Å². The van der Waals surface area contributed by atoms with Crippen molar-refractivity contribution in [3.05, 3.63) is 29.3 Å². The number of piperidine rings is 1. The number of aromatic nitrogens is 2. The van der Waals surface area contributed by atoms with E-state index in [2.05, 4.69) is 41.5 Å². The van der Waals surface area contributed by atoms with Crippen molar-refractivity contribution >= 4 is 45.7 Å². The van der Waals surface area contributed by atoms with E-state index in [4.69, 9.17) is 5.73 Å². The number of thioether (sulfide) groups is 1. The maximum absolute atomic E-state index is 12.5. The van der Waals surface area contributed by atoms with Gasteiger partial charge in [0.2, 0.25) is 16.9 Å². The molecule has 2 heterocycles. The van der Waals surface area contributed by atoms with Gasteiger partial charge in [0.25, 0.3) is 0 Å². The molecular weight excluding hydrogens is 382 g/mol. The first kappa shape index (κ1) is 19.6. The molecule has 27 heavy (non-hydrogen) atoms. The molecule has 0 aliphatic carbocycles. The summed E-state index contributed by atoms with van der Waals surface area (Å²) in [5.74, 6) is -0.284. The van der Waals surface area contributed by atoms with Crippen molar-refractivity contribution in [2.45, 2.75) is 43.5 Å². The monoisotopic (exact) mass is 405 g/mol. The molecule has 1 aromatic heterocycles. The van der Waals surface area contributed by atoms with Gasteiger partial charge in [-0.25, -0.2) is 0 Å². The number of anilines is 2. The van der Waals surface area contributed by atoms with Crippen LogP contribution in [0.4, 0.5) is 10.8 Å². The third-order valence-electron chi connectivity index (χ3n) is 4.64. The second-order valence-corrected chi connectivity index (χ2v) is 8.79. The summed E-state index contributed by atoms with van der Waals surface area (Å²) in [6, 6.07) is 5.64. The molecule has 0 spiro atoms. The largest absolute Gasteiger partial charge is 0.368 e. The van der Waals surface area contributed by atoms with Crippen LogP contribution < -0.4 is 11.1 Å². The minimum atomic E-state index is -0.483. The molecule has 0 unspecified atom stereocenters. The number of primary amides is 1. The summed E-state index contributed by atoms with van der Waals surface area (Å²) >= 11 is 2.74. The van der Waals surface area contributed by atoms with Crippen molar-refractivity contribution in [2.24, 2.45) is 5.73 Å².